The van der Waals surface area contributed by atoms with Crippen LogP contribution in [0.15, 0.2) is 33.8 Å². The molecular formula is C11H14BrN3O. The van der Waals surface area contributed by atoms with E-state index >= 15 is 0 Å². The maximum atomic E-state index is 5.27. The second-order valence-electron chi connectivity index (χ2n) is 3.54. The Hall–Kier alpha value is -1.07. The first-order valence-electron chi connectivity index (χ1n) is 5.17. The molecule has 0 spiro atoms. The van der Waals surface area contributed by atoms with Crippen molar-refractivity contribution in [3.8, 4) is 0 Å². The highest BCUT2D eigenvalue weighted by atomic mass is 79.9. The predicted molar refractivity (Wildman–Crippen MR) is 65.1 cm³/mol. The van der Waals surface area contributed by atoms with E-state index in [2.05, 4.69) is 33.2 Å². The monoisotopic (exact) mass is 283 g/mol. The van der Waals surface area contributed by atoms with Gasteiger partial charge in [0.15, 0.2) is 4.67 Å². The van der Waals surface area contributed by atoms with Crippen LogP contribution in [0.5, 0.6) is 0 Å². The van der Waals surface area contributed by atoms with Gasteiger partial charge in [0.25, 0.3) is 0 Å². The Labute approximate surface area is 103 Å². The standard InChI is InChI=1S/C11H14BrN3O/c1-3-13-9(8-4-7-16-10(8)12)11-14-5-6-15(11)2/h4-7,9,13H,3H2,1-2H3. The maximum absolute atomic E-state index is 5.27. The lowest BCUT2D eigenvalue weighted by Gasteiger charge is -2.16. The van der Waals surface area contributed by atoms with Crippen molar-refractivity contribution in [3.63, 3.8) is 0 Å². The topological polar surface area (TPSA) is 43.0 Å². The summed E-state index contributed by atoms with van der Waals surface area (Å²) in [5.74, 6) is 0.976. The third-order valence-corrected chi connectivity index (χ3v) is 3.13. The van der Waals surface area contributed by atoms with Gasteiger partial charge in [-0.25, -0.2) is 4.98 Å². The van der Waals surface area contributed by atoms with E-state index in [9.17, 15) is 0 Å². The molecule has 0 aliphatic heterocycles. The van der Waals surface area contributed by atoms with Crippen molar-refractivity contribution >= 4 is 15.9 Å². The van der Waals surface area contributed by atoms with Crippen molar-refractivity contribution < 1.29 is 4.42 Å². The zero-order valence-corrected chi connectivity index (χ0v) is 10.9. The molecule has 0 fully saturated rings. The van der Waals surface area contributed by atoms with E-state index in [-0.39, 0.29) is 6.04 Å². The first-order chi connectivity index (χ1) is 7.74. The summed E-state index contributed by atoms with van der Waals surface area (Å²) in [6.45, 7) is 2.94. The lowest BCUT2D eigenvalue weighted by atomic mass is 10.1. The second-order valence-corrected chi connectivity index (χ2v) is 4.26. The van der Waals surface area contributed by atoms with Crippen LogP contribution in [0.3, 0.4) is 0 Å². The van der Waals surface area contributed by atoms with E-state index in [0.29, 0.717) is 0 Å². The molecule has 1 unspecified atom stereocenters. The molecule has 86 valence electrons. The second kappa shape index (κ2) is 4.84. The molecule has 5 heteroatoms. The fourth-order valence-electron chi connectivity index (χ4n) is 1.71. The van der Waals surface area contributed by atoms with Crippen molar-refractivity contribution in [1.29, 1.82) is 0 Å². The highest BCUT2D eigenvalue weighted by molar-refractivity contribution is 9.10. The summed E-state index contributed by atoms with van der Waals surface area (Å²) >= 11 is 3.40. The molecule has 16 heavy (non-hydrogen) atoms. The Kier molecular flexibility index (Phi) is 3.46. The summed E-state index contributed by atoms with van der Waals surface area (Å²) < 4.78 is 8.03. The number of hydrogen-bond acceptors (Lipinski definition) is 3. The van der Waals surface area contributed by atoms with Gasteiger partial charge >= 0.3 is 0 Å². The van der Waals surface area contributed by atoms with Gasteiger partial charge in [0.05, 0.1) is 12.3 Å². The fraction of sp³-hybridized carbons (Fsp3) is 0.364. The van der Waals surface area contributed by atoms with Crippen molar-refractivity contribution in [1.82, 2.24) is 14.9 Å². The third kappa shape index (κ3) is 2.05. The molecule has 0 aromatic carbocycles. The quantitative estimate of drug-likeness (QED) is 0.938. The van der Waals surface area contributed by atoms with E-state index in [1.54, 1.807) is 12.5 Å². The summed E-state index contributed by atoms with van der Waals surface area (Å²) in [5, 5.41) is 3.40. The van der Waals surface area contributed by atoms with Crippen LogP contribution in [-0.2, 0) is 7.05 Å². The molecule has 2 aromatic rings. The number of nitrogens with one attached hydrogen (secondary N) is 1. The number of hydrogen-bond donors (Lipinski definition) is 1. The zero-order chi connectivity index (χ0) is 11.5. The maximum Gasteiger partial charge on any atom is 0.174 e. The molecule has 1 atom stereocenters. The van der Waals surface area contributed by atoms with Gasteiger partial charge in [-0.3, -0.25) is 0 Å². The Bertz CT molecular complexity index is 423. The van der Waals surface area contributed by atoms with E-state index in [4.69, 9.17) is 4.42 Å². The van der Waals surface area contributed by atoms with Gasteiger partial charge in [0.1, 0.15) is 5.82 Å². The Balaban J connectivity index is 2.39. The molecular weight excluding hydrogens is 270 g/mol. The van der Waals surface area contributed by atoms with Gasteiger partial charge in [0.2, 0.25) is 0 Å². The Morgan fingerprint density at radius 1 is 1.62 bits per heavy atom. The summed E-state index contributed by atoms with van der Waals surface area (Å²) in [7, 11) is 1.99. The largest absolute Gasteiger partial charge is 0.457 e. The molecule has 0 saturated carbocycles. The normalized spacial score (nSPS) is 12.9. The number of halogens is 1. The van der Waals surface area contributed by atoms with E-state index in [0.717, 1.165) is 22.6 Å². The van der Waals surface area contributed by atoms with Gasteiger partial charge in [0, 0.05) is 25.0 Å². The van der Waals surface area contributed by atoms with Gasteiger partial charge in [-0.15, -0.1) is 0 Å². The van der Waals surface area contributed by atoms with Crippen LogP contribution >= 0.6 is 15.9 Å². The van der Waals surface area contributed by atoms with Gasteiger partial charge in [-0.05, 0) is 28.5 Å². The summed E-state index contributed by atoms with van der Waals surface area (Å²) in [5.41, 5.74) is 1.07. The summed E-state index contributed by atoms with van der Waals surface area (Å²) in [6.07, 6.45) is 5.41. The molecule has 4 nitrogen and oxygen atoms in total. The summed E-state index contributed by atoms with van der Waals surface area (Å²) in [6, 6.07) is 2.00. The van der Waals surface area contributed by atoms with Crippen molar-refractivity contribution in [2.24, 2.45) is 7.05 Å². The molecule has 2 rings (SSSR count). The van der Waals surface area contributed by atoms with Crippen LogP contribution < -0.4 is 5.32 Å². The molecule has 2 heterocycles. The minimum atomic E-state index is 0.0538. The zero-order valence-electron chi connectivity index (χ0n) is 9.27. The molecule has 0 aliphatic rings. The van der Waals surface area contributed by atoms with E-state index < -0.39 is 0 Å². The smallest absolute Gasteiger partial charge is 0.174 e. The first kappa shape index (κ1) is 11.4. The molecule has 0 saturated heterocycles. The average molecular weight is 284 g/mol. The molecule has 0 amide bonds. The van der Waals surface area contributed by atoms with Gasteiger partial charge in [-0.2, -0.15) is 0 Å². The van der Waals surface area contributed by atoms with Crippen LogP contribution in [0.25, 0.3) is 0 Å². The van der Waals surface area contributed by atoms with Crippen molar-refractivity contribution in [2.75, 3.05) is 6.54 Å². The molecule has 0 radical (unpaired) electrons. The first-order valence-corrected chi connectivity index (χ1v) is 5.96. The number of furan rings is 1. The van der Waals surface area contributed by atoms with Crippen molar-refractivity contribution in [2.45, 2.75) is 13.0 Å². The minimum absolute atomic E-state index is 0.0538. The molecule has 2 aromatic heterocycles. The lowest BCUT2D eigenvalue weighted by Crippen LogP contribution is -2.24. The van der Waals surface area contributed by atoms with Gasteiger partial charge in [-0.1, -0.05) is 6.92 Å². The van der Waals surface area contributed by atoms with Gasteiger partial charge < -0.3 is 14.3 Å². The molecule has 1 N–H and O–H groups in total. The third-order valence-electron chi connectivity index (χ3n) is 2.48. The summed E-state index contributed by atoms with van der Waals surface area (Å²) in [4.78, 5) is 4.37. The van der Waals surface area contributed by atoms with Crippen LogP contribution in [0.4, 0.5) is 0 Å². The van der Waals surface area contributed by atoms with Crippen LogP contribution in [0.1, 0.15) is 24.4 Å². The number of aromatic nitrogens is 2. The van der Waals surface area contributed by atoms with E-state index in [1.165, 1.54) is 0 Å². The highest BCUT2D eigenvalue weighted by Crippen LogP contribution is 2.28. The minimum Gasteiger partial charge on any atom is -0.457 e. The van der Waals surface area contributed by atoms with Crippen LogP contribution in [0.2, 0.25) is 0 Å². The number of imidazole rings is 1. The lowest BCUT2D eigenvalue weighted by molar-refractivity contribution is 0.518. The van der Waals surface area contributed by atoms with E-state index in [1.807, 2.05) is 23.9 Å². The number of nitrogens with zero attached hydrogens (tertiary/aromatic N) is 2. The fourth-order valence-corrected chi connectivity index (χ4v) is 2.18. The number of aryl methyl sites for hydroxylation is 1. The average Bonchev–Trinajstić information content (AvgIpc) is 2.84. The SMILES string of the molecule is CCNC(c1ccoc1Br)c1nccn1C. The Morgan fingerprint density at radius 2 is 2.44 bits per heavy atom. The van der Waals surface area contributed by atoms with Crippen molar-refractivity contribution in [3.05, 3.63) is 40.8 Å². The molecule has 0 bridgehead atoms. The predicted octanol–water partition coefficient (Wildman–Crippen LogP) is 2.47. The van der Waals surface area contributed by atoms with Crippen LogP contribution in [-0.4, -0.2) is 16.1 Å². The Morgan fingerprint density at radius 3 is 2.94 bits per heavy atom. The molecule has 0 aliphatic carbocycles. The number of rotatable bonds is 4. The van der Waals surface area contributed by atoms with Crippen LogP contribution in [0, 0.1) is 0 Å². The highest BCUT2D eigenvalue weighted by Gasteiger charge is 2.21.